The maximum atomic E-state index is 11.0. The van der Waals surface area contributed by atoms with Crippen LogP contribution < -0.4 is 0 Å². The number of hydrogen-bond donors (Lipinski definition) is 0. The second kappa shape index (κ2) is 5.75. The first-order valence-electron chi connectivity index (χ1n) is 1.94. The summed E-state index contributed by atoms with van der Waals surface area (Å²) in [6, 6.07) is 0. The van der Waals surface area contributed by atoms with Crippen molar-refractivity contribution in [1.82, 2.24) is 0 Å². The molecule has 0 saturated heterocycles. The first-order valence-corrected chi connectivity index (χ1v) is 1.94. The Morgan fingerprint density at radius 1 is 0.917 bits per heavy atom. The Bertz CT molecular complexity index is 143. The molecule has 0 N–H and O–H groups in total. The van der Waals surface area contributed by atoms with Crippen molar-refractivity contribution >= 4 is 0 Å². The van der Waals surface area contributed by atoms with Crippen LogP contribution in [-0.2, 0) is 5.15 Å². The fourth-order valence-electron chi connectivity index (χ4n) is 0.107. The summed E-state index contributed by atoms with van der Waals surface area (Å²) in [6.07, 6.45) is -8.90. The van der Waals surface area contributed by atoms with E-state index >= 15 is 0 Å². The van der Waals surface area contributed by atoms with Crippen molar-refractivity contribution in [3.05, 3.63) is 11.9 Å². The van der Waals surface area contributed by atoms with E-state index in [2.05, 4.69) is 0 Å². The number of rotatable bonds is 0. The molecule has 0 bridgehead atoms. The second-order valence-electron chi connectivity index (χ2n) is 1.13. The van der Waals surface area contributed by atoms with Crippen molar-refractivity contribution < 1.29 is 40.5 Å². The number of halogens is 8. The normalized spacial score (nSPS) is 10.0. The molecule has 74 valence electrons. The smallest absolute Gasteiger partial charge is 0.196 e. The van der Waals surface area contributed by atoms with E-state index in [1.165, 1.54) is 5.15 Å². The predicted octanol–water partition coefficient (Wildman–Crippen LogP) is 3.40. The zero-order valence-corrected chi connectivity index (χ0v) is 4.93. The van der Waals surface area contributed by atoms with Gasteiger partial charge in [0.25, 0.3) is 5.83 Å². The zero-order chi connectivity index (χ0) is 10.4. The van der Waals surface area contributed by atoms with Gasteiger partial charge in [0.05, 0.1) is 0 Å². The molecule has 0 unspecified atom stereocenters. The fourth-order valence-corrected chi connectivity index (χ4v) is 0.107. The summed E-state index contributed by atoms with van der Waals surface area (Å²) in [7, 11) is 0. The summed E-state index contributed by atoms with van der Waals surface area (Å²) >= 11 is 0. The molecule has 0 radical (unpaired) electrons. The first kappa shape index (κ1) is 13.7. The number of allylic oxidation sites excluding steroid dienone is 1. The third-order valence-electron chi connectivity index (χ3n) is 0.415. The Balaban J connectivity index is 0. The lowest BCUT2D eigenvalue weighted by Crippen LogP contribution is -2.08. The van der Waals surface area contributed by atoms with Crippen LogP contribution in [-0.4, -0.2) is 6.18 Å². The van der Waals surface area contributed by atoms with Gasteiger partial charge in [-0.2, -0.15) is 26.3 Å². The minimum atomic E-state index is -5.56. The van der Waals surface area contributed by atoms with Crippen molar-refractivity contribution in [1.29, 1.82) is 0 Å². The van der Waals surface area contributed by atoms with Crippen LogP contribution in [0.1, 0.15) is 0 Å². The van der Waals surface area contributed by atoms with Gasteiger partial charge in [-0.3, -0.25) is 0 Å². The van der Waals surface area contributed by atoms with Gasteiger partial charge in [-0.1, -0.05) is 0 Å². The molecule has 12 heavy (non-hydrogen) atoms. The van der Waals surface area contributed by atoms with Gasteiger partial charge in [-0.05, 0) is 9.05 Å². The van der Waals surface area contributed by atoms with Gasteiger partial charge < -0.3 is 0 Å². The van der Waals surface area contributed by atoms with E-state index in [4.69, 9.17) is 9.05 Å². The van der Waals surface area contributed by atoms with Crippen molar-refractivity contribution in [2.45, 2.75) is 6.18 Å². The lowest BCUT2D eigenvalue weighted by Gasteiger charge is -1.98. The SMILES string of the molecule is FC(F)=C(F)C(F)(F)F.FOF. The van der Waals surface area contributed by atoms with E-state index in [1.807, 2.05) is 0 Å². The molecule has 0 fully saturated rings. The van der Waals surface area contributed by atoms with E-state index in [0.717, 1.165) is 0 Å². The zero-order valence-electron chi connectivity index (χ0n) is 4.93. The molecule has 0 saturated carbocycles. The van der Waals surface area contributed by atoms with E-state index < -0.39 is 18.1 Å². The second-order valence-corrected chi connectivity index (χ2v) is 1.13. The van der Waals surface area contributed by atoms with Gasteiger partial charge in [0.15, 0.2) is 0 Å². The van der Waals surface area contributed by atoms with Crippen LogP contribution in [0.3, 0.4) is 0 Å². The van der Waals surface area contributed by atoms with Crippen LogP contribution in [0.15, 0.2) is 11.9 Å². The fraction of sp³-hybridized carbons (Fsp3) is 0.333. The summed E-state index contributed by atoms with van der Waals surface area (Å²) in [5.41, 5.74) is 0. The maximum absolute atomic E-state index is 11.0. The molecule has 9 heteroatoms. The van der Waals surface area contributed by atoms with Crippen LogP contribution >= 0.6 is 0 Å². The molecule has 0 atom stereocenters. The molecule has 0 aromatic rings. The van der Waals surface area contributed by atoms with E-state index in [9.17, 15) is 26.3 Å². The highest BCUT2D eigenvalue weighted by Crippen LogP contribution is 2.29. The van der Waals surface area contributed by atoms with Gasteiger partial charge in [-0.15, -0.1) is 0 Å². The van der Waals surface area contributed by atoms with Crippen LogP contribution in [0.2, 0.25) is 0 Å². The molecule has 0 heterocycles. The molecule has 0 spiro atoms. The largest absolute Gasteiger partial charge is 0.448 e. The van der Waals surface area contributed by atoms with Crippen LogP contribution in [0.25, 0.3) is 0 Å². The van der Waals surface area contributed by atoms with Crippen molar-refractivity contribution in [3.63, 3.8) is 0 Å². The standard InChI is InChI=1S/C3F6.F2O/c4-1(2(5)6)3(7,8)9;1-3-2. The molecule has 0 rings (SSSR count). The van der Waals surface area contributed by atoms with Gasteiger partial charge in [-0.25, -0.2) is 0 Å². The topological polar surface area (TPSA) is 9.23 Å². The Hall–Kier alpha value is -0.860. The quantitative estimate of drug-likeness (QED) is 0.549. The Morgan fingerprint density at radius 3 is 1.17 bits per heavy atom. The molecule has 0 amide bonds. The van der Waals surface area contributed by atoms with Crippen molar-refractivity contribution in [2.75, 3.05) is 0 Å². The third-order valence-corrected chi connectivity index (χ3v) is 0.415. The van der Waals surface area contributed by atoms with Crippen LogP contribution in [0.4, 0.5) is 35.4 Å². The van der Waals surface area contributed by atoms with Crippen molar-refractivity contribution in [3.8, 4) is 0 Å². The number of alkyl halides is 3. The van der Waals surface area contributed by atoms with E-state index in [1.54, 1.807) is 0 Å². The lowest BCUT2D eigenvalue weighted by atomic mass is 10.6. The van der Waals surface area contributed by atoms with Gasteiger partial charge in [0.1, 0.15) is 0 Å². The first-order chi connectivity index (χ1) is 5.27. The van der Waals surface area contributed by atoms with Crippen LogP contribution in [0, 0.1) is 0 Å². The Kier molecular flexibility index (Phi) is 6.57. The Labute approximate surface area is 60.0 Å². The molecule has 0 aromatic heterocycles. The third kappa shape index (κ3) is 7.25. The van der Waals surface area contributed by atoms with E-state index in [-0.39, 0.29) is 0 Å². The van der Waals surface area contributed by atoms with Gasteiger partial charge in [0, 0.05) is 5.15 Å². The summed E-state index contributed by atoms with van der Waals surface area (Å²) in [5, 5.41) is 1.25. The minimum absolute atomic E-state index is 1.25. The highest BCUT2D eigenvalue weighted by Gasteiger charge is 2.38. The molecule has 0 aliphatic rings. The summed E-state index contributed by atoms with van der Waals surface area (Å²) < 4.78 is 83.1. The number of hydrogen-bond acceptors (Lipinski definition) is 1. The molecular weight excluding hydrogens is 204 g/mol. The molecule has 0 aliphatic carbocycles. The monoisotopic (exact) mass is 204 g/mol. The summed E-state index contributed by atoms with van der Waals surface area (Å²) in [4.78, 5) is 0. The highest BCUT2D eigenvalue weighted by atomic mass is 19.6. The summed E-state index contributed by atoms with van der Waals surface area (Å²) in [6.45, 7) is 0. The minimum Gasteiger partial charge on any atom is -0.196 e. The van der Waals surface area contributed by atoms with Gasteiger partial charge >= 0.3 is 12.3 Å². The average Bonchev–Trinajstić information content (AvgIpc) is 1.85. The lowest BCUT2D eigenvalue weighted by molar-refractivity contribution is -0.317. The predicted molar refractivity (Wildman–Crippen MR) is 19.7 cm³/mol. The van der Waals surface area contributed by atoms with Crippen LogP contribution in [0.5, 0.6) is 0 Å². The molecular formula is C3F8O. The van der Waals surface area contributed by atoms with Gasteiger partial charge in [0.2, 0.25) is 0 Å². The highest BCUT2D eigenvalue weighted by molar-refractivity contribution is 4.98. The summed E-state index contributed by atoms with van der Waals surface area (Å²) in [5.74, 6) is -3.33. The van der Waals surface area contributed by atoms with Crippen molar-refractivity contribution in [2.24, 2.45) is 0 Å². The molecule has 1 nitrogen and oxygen atoms in total. The average molecular weight is 204 g/mol. The maximum Gasteiger partial charge on any atom is 0.448 e. The van der Waals surface area contributed by atoms with E-state index in [0.29, 0.717) is 0 Å². The Morgan fingerprint density at radius 2 is 1.17 bits per heavy atom. The molecule has 0 aliphatic heterocycles. The molecule has 0 aromatic carbocycles.